The zero-order chi connectivity index (χ0) is 14.7. The first-order chi connectivity index (χ1) is 7.91. The van der Waals surface area contributed by atoms with Crippen LogP contribution in [-0.2, 0) is 9.59 Å². The van der Waals surface area contributed by atoms with E-state index in [-0.39, 0.29) is 5.91 Å². The van der Waals surface area contributed by atoms with Crippen LogP contribution in [0, 0.1) is 11.3 Å². The van der Waals surface area contributed by atoms with Gasteiger partial charge in [0, 0.05) is 0 Å². The molecule has 0 fully saturated rings. The van der Waals surface area contributed by atoms with Gasteiger partial charge >= 0.3 is 5.97 Å². The second-order valence-electron chi connectivity index (χ2n) is 6.28. The van der Waals surface area contributed by atoms with Crippen LogP contribution in [-0.4, -0.2) is 28.6 Å². The van der Waals surface area contributed by atoms with Gasteiger partial charge in [0.05, 0.1) is 17.0 Å². The molecule has 106 valence electrons. The number of hydrogen-bond donors (Lipinski definition) is 3. The standard InChI is InChI=1S/C13H26N2O3/c1-8(2)7-9(14)10(16)15-13(5,6)12(3,4)11(17)18/h8-9H,7,14H2,1-6H3,(H,15,16)(H,17,18)/t9-/m0/s1. The molecule has 0 rings (SSSR count). The molecule has 0 aromatic rings. The summed E-state index contributed by atoms with van der Waals surface area (Å²) in [5.74, 6) is -0.936. The average Bonchev–Trinajstić information content (AvgIpc) is 2.14. The van der Waals surface area contributed by atoms with Crippen LogP contribution in [0.1, 0.15) is 48.0 Å². The Balaban J connectivity index is 4.78. The van der Waals surface area contributed by atoms with Crippen LogP contribution in [0.15, 0.2) is 0 Å². The van der Waals surface area contributed by atoms with E-state index in [2.05, 4.69) is 5.32 Å². The molecule has 0 unspecified atom stereocenters. The summed E-state index contributed by atoms with van der Waals surface area (Å²) in [4.78, 5) is 23.1. The second kappa shape index (κ2) is 5.69. The lowest BCUT2D eigenvalue weighted by Gasteiger charge is -2.39. The maximum atomic E-state index is 11.9. The molecule has 0 aliphatic heterocycles. The fourth-order valence-corrected chi connectivity index (χ4v) is 1.44. The Morgan fingerprint density at radius 1 is 1.22 bits per heavy atom. The maximum absolute atomic E-state index is 11.9. The van der Waals surface area contributed by atoms with E-state index in [1.165, 1.54) is 0 Å². The molecule has 0 saturated carbocycles. The van der Waals surface area contributed by atoms with E-state index in [0.29, 0.717) is 12.3 Å². The van der Waals surface area contributed by atoms with Gasteiger partial charge in [-0.15, -0.1) is 0 Å². The van der Waals surface area contributed by atoms with Crippen molar-refractivity contribution in [3.63, 3.8) is 0 Å². The molecule has 0 aliphatic rings. The third-order valence-corrected chi connectivity index (χ3v) is 3.59. The van der Waals surface area contributed by atoms with Crippen molar-refractivity contribution in [3.8, 4) is 0 Å². The quantitative estimate of drug-likeness (QED) is 0.671. The van der Waals surface area contributed by atoms with E-state index in [4.69, 9.17) is 5.73 Å². The molecule has 5 nitrogen and oxygen atoms in total. The molecule has 0 bridgehead atoms. The highest BCUT2D eigenvalue weighted by molar-refractivity contribution is 5.84. The molecule has 5 heteroatoms. The number of rotatable bonds is 6. The van der Waals surface area contributed by atoms with E-state index < -0.39 is 23.0 Å². The molecule has 0 aromatic heterocycles. The summed E-state index contributed by atoms with van der Waals surface area (Å²) >= 11 is 0. The largest absolute Gasteiger partial charge is 0.481 e. The summed E-state index contributed by atoms with van der Waals surface area (Å²) < 4.78 is 0. The fraction of sp³-hybridized carbons (Fsp3) is 0.846. The SMILES string of the molecule is CC(C)C[C@H](N)C(=O)NC(C)(C)C(C)(C)C(=O)O. The van der Waals surface area contributed by atoms with E-state index in [0.717, 1.165) is 0 Å². The van der Waals surface area contributed by atoms with Crippen molar-refractivity contribution in [2.75, 3.05) is 0 Å². The van der Waals surface area contributed by atoms with Gasteiger partial charge < -0.3 is 16.2 Å². The Morgan fingerprint density at radius 3 is 2.00 bits per heavy atom. The number of hydrogen-bond acceptors (Lipinski definition) is 3. The third kappa shape index (κ3) is 3.98. The van der Waals surface area contributed by atoms with Crippen LogP contribution in [0.3, 0.4) is 0 Å². The number of aliphatic carboxylic acids is 1. The van der Waals surface area contributed by atoms with Crippen molar-refractivity contribution in [1.82, 2.24) is 5.32 Å². The Kier molecular flexibility index (Phi) is 5.35. The van der Waals surface area contributed by atoms with Crippen LogP contribution in [0.2, 0.25) is 0 Å². The number of carbonyl (C=O) groups excluding carboxylic acids is 1. The summed E-state index contributed by atoms with van der Waals surface area (Å²) in [7, 11) is 0. The number of carboxylic acid groups (broad SMARTS) is 1. The lowest BCUT2D eigenvalue weighted by atomic mass is 9.74. The van der Waals surface area contributed by atoms with Gasteiger partial charge in [-0.05, 0) is 40.0 Å². The highest BCUT2D eigenvalue weighted by Crippen LogP contribution is 2.30. The molecule has 0 spiro atoms. The van der Waals surface area contributed by atoms with E-state index in [1.807, 2.05) is 13.8 Å². The van der Waals surface area contributed by atoms with Crippen molar-refractivity contribution in [3.05, 3.63) is 0 Å². The van der Waals surface area contributed by atoms with Crippen LogP contribution in [0.4, 0.5) is 0 Å². The first kappa shape index (κ1) is 16.9. The minimum atomic E-state index is -1.07. The minimum Gasteiger partial charge on any atom is -0.481 e. The molecule has 1 amide bonds. The van der Waals surface area contributed by atoms with E-state index in [9.17, 15) is 14.7 Å². The number of nitrogens with one attached hydrogen (secondary N) is 1. The second-order valence-corrected chi connectivity index (χ2v) is 6.28. The molecule has 0 saturated heterocycles. The first-order valence-corrected chi connectivity index (χ1v) is 6.23. The van der Waals surface area contributed by atoms with Gasteiger partial charge in [-0.1, -0.05) is 13.8 Å². The molecular weight excluding hydrogens is 232 g/mol. The number of amides is 1. The number of carbonyl (C=O) groups is 2. The van der Waals surface area contributed by atoms with Crippen molar-refractivity contribution < 1.29 is 14.7 Å². The highest BCUT2D eigenvalue weighted by Gasteiger charge is 2.44. The Morgan fingerprint density at radius 2 is 1.67 bits per heavy atom. The van der Waals surface area contributed by atoms with Crippen molar-refractivity contribution >= 4 is 11.9 Å². The summed E-state index contributed by atoms with van der Waals surface area (Å²) in [6.45, 7) is 10.5. The fourth-order valence-electron chi connectivity index (χ4n) is 1.44. The summed E-state index contributed by atoms with van der Waals surface area (Å²) in [6, 6.07) is -0.603. The Labute approximate surface area is 109 Å². The number of nitrogens with two attached hydrogens (primary N) is 1. The first-order valence-electron chi connectivity index (χ1n) is 6.23. The van der Waals surface area contributed by atoms with Gasteiger partial charge in [0.1, 0.15) is 0 Å². The predicted molar refractivity (Wildman–Crippen MR) is 71.1 cm³/mol. The van der Waals surface area contributed by atoms with Crippen LogP contribution in [0.25, 0.3) is 0 Å². The Bertz CT molecular complexity index is 322. The summed E-state index contributed by atoms with van der Waals surface area (Å²) in [5, 5.41) is 11.9. The van der Waals surface area contributed by atoms with Gasteiger partial charge in [-0.2, -0.15) is 0 Å². The molecule has 0 heterocycles. The van der Waals surface area contributed by atoms with Gasteiger partial charge in [0.15, 0.2) is 0 Å². The molecule has 0 aliphatic carbocycles. The molecule has 18 heavy (non-hydrogen) atoms. The third-order valence-electron chi connectivity index (χ3n) is 3.59. The van der Waals surface area contributed by atoms with E-state index >= 15 is 0 Å². The average molecular weight is 258 g/mol. The summed E-state index contributed by atoms with van der Waals surface area (Å²) in [5.41, 5.74) is 3.85. The topological polar surface area (TPSA) is 92.4 Å². The van der Waals surface area contributed by atoms with Crippen molar-refractivity contribution in [2.24, 2.45) is 17.1 Å². The van der Waals surface area contributed by atoms with E-state index in [1.54, 1.807) is 27.7 Å². The molecule has 1 atom stereocenters. The lowest BCUT2D eigenvalue weighted by Crippen LogP contribution is -2.59. The molecule has 0 radical (unpaired) electrons. The Hall–Kier alpha value is -1.10. The minimum absolute atomic E-state index is 0.303. The highest BCUT2D eigenvalue weighted by atomic mass is 16.4. The zero-order valence-corrected chi connectivity index (χ0v) is 12.2. The van der Waals surface area contributed by atoms with Crippen molar-refractivity contribution in [2.45, 2.75) is 59.5 Å². The lowest BCUT2D eigenvalue weighted by molar-refractivity contribution is -0.151. The zero-order valence-electron chi connectivity index (χ0n) is 12.2. The number of carboxylic acids is 1. The van der Waals surface area contributed by atoms with Crippen LogP contribution in [0.5, 0.6) is 0 Å². The van der Waals surface area contributed by atoms with Gasteiger partial charge in [0.2, 0.25) is 5.91 Å². The normalized spacial score (nSPS) is 14.4. The maximum Gasteiger partial charge on any atom is 0.311 e. The summed E-state index contributed by atoms with van der Waals surface area (Å²) in [6.07, 6.45) is 0.579. The van der Waals surface area contributed by atoms with Gasteiger partial charge in [0.25, 0.3) is 0 Å². The van der Waals surface area contributed by atoms with Gasteiger partial charge in [-0.3, -0.25) is 9.59 Å². The monoisotopic (exact) mass is 258 g/mol. The van der Waals surface area contributed by atoms with Crippen LogP contribution >= 0.6 is 0 Å². The van der Waals surface area contributed by atoms with Gasteiger partial charge in [-0.25, -0.2) is 0 Å². The van der Waals surface area contributed by atoms with Crippen LogP contribution < -0.4 is 11.1 Å². The van der Waals surface area contributed by atoms with Crippen molar-refractivity contribution in [1.29, 1.82) is 0 Å². The molecule has 4 N–H and O–H groups in total. The molecule has 0 aromatic carbocycles. The predicted octanol–water partition coefficient (Wildman–Crippen LogP) is 1.37. The molecular formula is C13H26N2O3. The smallest absolute Gasteiger partial charge is 0.311 e.